The van der Waals surface area contributed by atoms with E-state index in [0.29, 0.717) is 11.2 Å². The molecule has 2 rings (SSSR count). The number of halogens is 1. The van der Waals surface area contributed by atoms with Crippen molar-refractivity contribution in [2.45, 2.75) is 37.6 Å². The molecule has 0 saturated heterocycles. The molecule has 2 atom stereocenters. The van der Waals surface area contributed by atoms with Crippen LogP contribution in [0.3, 0.4) is 0 Å². The van der Waals surface area contributed by atoms with E-state index in [1.165, 1.54) is 5.39 Å². The molecule has 2 aromatic carbocycles. The Morgan fingerprint density at radius 1 is 1.15 bits per heavy atom. The van der Waals surface area contributed by atoms with Gasteiger partial charge in [0.1, 0.15) is 0 Å². The molecule has 0 radical (unpaired) electrons. The third-order valence-corrected chi connectivity index (χ3v) is 3.69. The highest BCUT2D eigenvalue weighted by molar-refractivity contribution is 9.09. The van der Waals surface area contributed by atoms with Crippen molar-refractivity contribution >= 4 is 32.6 Å². The first-order valence-corrected chi connectivity index (χ1v) is 7.88. The summed E-state index contributed by atoms with van der Waals surface area (Å²) < 4.78 is 0. The van der Waals surface area contributed by atoms with Crippen molar-refractivity contribution in [2.24, 2.45) is 0 Å². The summed E-state index contributed by atoms with van der Waals surface area (Å²) in [5.74, 6) is 0.0852. The fourth-order valence-electron chi connectivity index (χ4n) is 2.49. The zero-order chi connectivity index (χ0) is 14.5. The average molecular weight is 334 g/mol. The van der Waals surface area contributed by atoms with E-state index in [4.69, 9.17) is 0 Å². The normalized spacial score (nSPS) is 13.9. The lowest BCUT2D eigenvalue weighted by Crippen LogP contribution is -2.34. The van der Waals surface area contributed by atoms with E-state index in [1.54, 1.807) is 0 Å². The van der Waals surface area contributed by atoms with Gasteiger partial charge >= 0.3 is 0 Å². The van der Waals surface area contributed by atoms with Gasteiger partial charge < -0.3 is 5.32 Å². The predicted molar refractivity (Wildman–Crippen MR) is 88.3 cm³/mol. The van der Waals surface area contributed by atoms with Gasteiger partial charge in [0.15, 0.2) is 0 Å². The molecule has 0 saturated carbocycles. The van der Waals surface area contributed by atoms with Crippen LogP contribution in [0.15, 0.2) is 42.5 Å². The first-order chi connectivity index (χ1) is 9.56. The Labute approximate surface area is 128 Å². The van der Waals surface area contributed by atoms with Gasteiger partial charge in [-0.05, 0) is 29.7 Å². The zero-order valence-corrected chi connectivity index (χ0v) is 13.5. The van der Waals surface area contributed by atoms with Crippen molar-refractivity contribution in [1.82, 2.24) is 5.32 Å². The number of alkyl halides is 1. The van der Waals surface area contributed by atoms with E-state index in [1.807, 2.05) is 31.2 Å². The Morgan fingerprint density at radius 2 is 1.85 bits per heavy atom. The van der Waals surface area contributed by atoms with Crippen LogP contribution in [-0.2, 0) is 11.2 Å². The highest BCUT2D eigenvalue weighted by Gasteiger charge is 2.11. The summed E-state index contributed by atoms with van der Waals surface area (Å²) in [5, 5.41) is 5.39. The molecule has 0 bridgehead atoms. The monoisotopic (exact) mass is 333 g/mol. The van der Waals surface area contributed by atoms with Crippen LogP contribution in [0.25, 0.3) is 10.8 Å². The van der Waals surface area contributed by atoms with Crippen molar-refractivity contribution in [3.63, 3.8) is 0 Å². The van der Waals surface area contributed by atoms with Crippen LogP contribution in [-0.4, -0.2) is 16.8 Å². The van der Waals surface area contributed by atoms with Gasteiger partial charge in [-0.25, -0.2) is 0 Å². The van der Waals surface area contributed by atoms with Gasteiger partial charge in [-0.2, -0.15) is 0 Å². The second-order valence-corrected chi connectivity index (χ2v) is 6.86. The maximum Gasteiger partial charge on any atom is 0.224 e. The highest BCUT2D eigenvalue weighted by atomic mass is 79.9. The molecule has 0 aliphatic heterocycles. The Morgan fingerprint density at radius 3 is 2.60 bits per heavy atom. The zero-order valence-electron chi connectivity index (χ0n) is 11.9. The summed E-state index contributed by atoms with van der Waals surface area (Å²) in [7, 11) is 0. The molecule has 2 unspecified atom stereocenters. The van der Waals surface area contributed by atoms with E-state index in [9.17, 15) is 4.79 Å². The van der Waals surface area contributed by atoms with E-state index in [-0.39, 0.29) is 11.9 Å². The SMILES string of the molecule is CC(Br)CC(C)NC(=O)Cc1cccc2ccccc12. The molecule has 1 amide bonds. The minimum Gasteiger partial charge on any atom is -0.353 e. The van der Waals surface area contributed by atoms with Crippen LogP contribution >= 0.6 is 15.9 Å². The number of carbonyl (C=O) groups is 1. The Kier molecular flexibility index (Phi) is 5.18. The molecule has 3 heteroatoms. The smallest absolute Gasteiger partial charge is 0.224 e. The van der Waals surface area contributed by atoms with E-state index < -0.39 is 0 Å². The second-order valence-electron chi connectivity index (χ2n) is 5.30. The molecule has 1 N–H and O–H groups in total. The molecular weight excluding hydrogens is 314 g/mol. The maximum atomic E-state index is 12.1. The van der Waals surface area contributed by atoms with Crippen molar-refractivity contribution < 1.29 is 4.79 Å². The number of nitrogens with one attached hydrogen (secondary N) is 1. The molecule has 0 aromatic heterocycles. The number of fused-ring (bicyclic) bond motifs is 1. The third kappa shape index (κ3) is 4.07. The van der Waals surface area contributed by atoms with E-state index >= 15 is 0 Å². The largest absolute Gasteiger partial charge is 0.353 e. The molecule has 0 fully saturated rings. The number of benzene rings is 2. The molecule has 20 heavy (non-hydrogen) atoms. The highest BCUT2D eigenvalue weighted by Crippen LogP contribution is 2.19. The summed E-state index contributed by atoms with van der Waals surface area (Å²) in [6.07, 6.45) is 1.36. The van der Waals surface area contributed by atoms with Crippen LogP contribution in [0.1, 0.15) is 25.8 Å². The van der Waals surface area contributed by atoms with Gasteiger partial charge in [0, 0.05) is 10.9 Å². The fraction of sp³-hybridized carbons (Fsp3) is 0.353. The van der Waals surface area contributed by atoms with Gasteiger partial charge in [0.05, 0.1) is 6.42 Å². The molecular formula is C17H20BrNO. The summed E-state index contributed by atoms with van der Waals surface area (Å²) in [6.45, 7) is 4.13. The topological polar surface area (TPSA) is 29.1 Å². The molecule has 2 nitrogen and oxygen atoms in total. The lowest BCUT2D eigenvalue weighted by molar-refractivity contribution is -0.121. The van der Waals surface area contributed by atoms with Crippen molar-refractivity contribution in [3.05, 3.63) is 48.0 Å². The summed E-state index contributed by atoms with van der Waals surface area (Å²) in [5.41, 5.74) is 1.08. The minimum absolute atomic E-state index is 0.0852. The van der Waals surface area contributed by atoms with Gasteiger partial charge in [0.2, 0.25) is 5.91 Å². The molecule has 106 valence electrons. The molecule has 0 spiro atoms. The molecule has 0 aliphatic carbocycles. The van der Waals surface area contributed by atoms with Crippen LogP contribution in [0, 0.1) is 0 Å². The summed E-state index contributed by atoms with van der Waals surface area (Å²) >= 11 is 3.51. The Balaban J connectivity index is 2.06. The van der Waals surface area contributed by atoms with E-state index in [0.717, 1.165) is 17.4 Å². The fourth-order valence-corrected chi connectivity index (χ4v) is 3.05. The van der Waals surface area contributed by atoms with E-state index in [2.05, 4.69) is 46.4 Å². The number of amides is 1. The lowest BCUT2D eigenvalue weighted by atomic mass is 10.0. The summed E-state index contributed by atoms with van der Waals surface area (Å²) in [6, 6.07) is 14.5. The van der Waals surface area contributed by atoms with Crippen molar-refractivity contribution in [3.8, 4) is 0 Å². The number of carbonyl (C=O) groups excluding carboxylic acids is 1. The van der Waals surface area contributed by atoms with Crippen LogP contribution in [0.2, 0.25) is 0 Å². The van der Waals surface area contributed by atoms with Crippen LogP contribution in [0.5, 0.6) is 0 Å². The van der Waals surface area contributed by atoms with Crippen LogP contribution in [0.4, 0.5) is 0 Å². The second kappa shape index (κ2) is 6.89. The lowest BCUT2D eigenvalue weighted by Gasteiger charge is -2.15. The van der Waals surface area contributed by atoms with Crippen molar-refractivity contribution in [2.75, 3.05) is 0 Å². The number of hydrogen-bond acceptors (Lipinski definition) is 1. The standard InChI is InChI=1S/C17H20BrNO/c1-12(18)10-13(2)19-17(20)11-15-8-5-7-14-6-3-4-9-16(14)15/h3-9,12-13H,10-11H2,1-2H3,(H,19,20). The molecule has 0 aliphatic rings. The first kappa shape index (κ1) is 15.0. The predicted octanol–water partition coefficient (Wildman–Crippen LogP) is 4.06. The van der Waals surface area contributed by atoms with Gasteiger partial charge in [-0.1, -0.05) is 65.3 Å². The number of rotatable bonds is 5. The van der Waals surface area contributed by atoms with Crippen LogP contribution < -0.4 is 5.32 Å². The van der Waals surface area contributed by atoms with Gasteiger partial charge in [-0.3, -0.25) is 4.79 Å². The average Bonchev–Trinajstić information content (AvgIpc) is 2.38. The summed E-state index contributed by atoms with van der Waals surface area (Å²) in [4.78, 5) is 12.5. The maximum absolute atomic E-state index is 12.1. The molecule has 2 aromatic rings. The molecule has 0 heterocycles. The third-order valence-electron chi connectivity index (χ3n) is 3.32. The van der Waals surface area contributed by atoms with Gasteiger partial charge in [-0.15, -0.1) is 0 Å². The number of hydrogen-bond donors (Lipinski definition) is 1. The van der Waals surface area contributed by atoms with Crippen molar-refractivity contribution in [1.29, 1.82) is 0 Å². The first-order valence-electron chi connectivity index (χ1n) is 6.96. The Hall–Kier alpha value is -1.35. The Bertz CT molecular complexity index is 589. The van der Waals surface area contributed by atoms with Gasteiger partial charge in [0.25, 0.3) is 0 Å². The quantitative estimate of drug-likeness (QED) is 0.821. The minimum atomic E-state index is 0.0852.